The van der Waals surface area contributed by atoms with E-state index in [-0.39, 0.29) is 28.5 Å². The first-order valence-electron chi connectivity index (χ1n) is 8.11. The molecule has 0 aliphatic heterocycles. The highest BCUT2D eigenvalue weighted by Gasteiger charge is 2.42. The smallest absolute Gasteiger partial charge is 0.408 e. The third kappa shape index (κ3) is 4.31. The van der Waals surface area contributed by atoms with Crippen LogP contribution < -0.4 is 5.32 Å². The van der Waals surface area contributed by atoms with Gasteiger partial charge in [-0.2, -0.15) is 5.26 Å². The minimum Gasteiger partial charge on any atom is -0.465 e. The molecule has 0 aromatic carbocycles. The summed E-state index contributed by atoms with van der Waals surface area (Å²) in [5.74, 6) is -0.516. The largest absolute Gasteiger partial charge is 0.465 e. The molecule has 2 rings (SSSR count). The summed E-state index contributed by atoms with van der Waals surface area (Å²) >= 11 is 5.90. The van der Waals surface area contributed by atoms with Crippen molar-refractivity contribution in [2.75, 3.05) is 5.32 Å². The molecular formula is C17H22ClFN4O2. The molecule has 0 saturated heterocycles. The fourth-order valence-corrected chi connectivity index (χ4v) is 3.31. The number of halogens is 2. The highest BCUT2D eigenvalue weighted by molar-refractivity contribution is 6.30. The van der Waals surface area contributed by atoms with Gasteiger partial charge in [0, 0.05) is 5.54 Å². The van der Waals surface area contributed by atoms with Gasteiger partial charge in [-0.05, 0) is 52.5 Å². The third-order valence-corrected chi connectivity index (χ3v) is 4.63. The number of carbonyl (C=O) groups is 1. The summed E-state index contributed by atoms with van der Waals surface area (Å²) in [7, 11) is 0. The first kappa shape index (κ1) is 19.3. The van der Waals surface area contributed by atoms with Crippen LogP contribution >= 0.6 is 11.6 Å². The van der Waals surface area contributed by atoms with Crippen LogP contribution in [0.15, 0.2) is 6.07 Å². The molecule has 1 saturated carbocycles. The molecular weight excluding hydrogens is 347 g/mol. The lowest BCUT2D eigenvalue weighted by molar-refractivity contribution is 0.0671. The topological polar surface area (TPSA) is 89.3 Å². The molecule has 2 N–H and O–H groups in total. The van der Waals surface area contributed by atoms with E-state index in [0.29, 0.717) is 0 Å². The van der Waals surface area contributed by atoms with Gasteiger partial charge < -0.3 is 10.4 Å². The normalized spacial score (nSPS) is 16.7. The van der Waals surface area contributed by atoms with Gasteiger partial charge in [-0.3, -0.25) is 4.90 Å². The SMILES string of the molecule is C[C@@H]([C@H](Nc1nc(Cl)c(C#N)cc1F)C1CC1)N(C(=O)O)C(C)(C)C. The van der Waals surface area contributed by atoms with Gasteiger partial charge in [-0.25, -0.2) is 14.2 Å². The van der Waals surface area contributed by atoms with Gasteiger partial charge in [0.15, 0.2) is 11.6 Å². The molecule has 2 atom stereocenters. The van der Waals surface area contributed by atoms with Gasteiger partial charge in [-0.1, -0.05) is 11.6 Å². The number of hydrogen-bond donors (Lipinski definition) is 2. The van der Waals surface area contributed by atoms with Crippen LogP contribution in [0.1, 0.15) is 46.1 Å². The van der Waals surface area contributed by atoms with Crippen molar-refractivity contribution in [3.05, 3.63) is 22.6 Å². The first-order chi connectivity index (χ1) is 11.6. The summed E-state index contributed by atoms with van der Waals surface area (Å²) in [6.07, 6.45) is 0.843. The highest BCUT2D eigenvalue weighted by atomic mass is 35.5. The summed E-state index contributed by atoms with van der Waals surface area (Å²) in [6.45, 7) is 7.26. The molecule has 1 amide bonds. The Morgan fingerprint density at radius 2 is 2.16 bits per heavy atom. The zero-order valence-corrected chi connectivity index (χ0v) is 15.4. The van der Waals surface area contributed by atoms with E-state index in [9.17, 15) is 14.3 Å². The number of nitrogens with zero attached hydrogens (tertiary/aromatic N) is 3. The monoisotopic (exact) mass is 368 g/mol. The fraction of sp³-hybridized carbons (Fsp3) is 0.588. The Morgan fingerprint density at radius 3 is 2.60 bits per heavy atom. The number of aromatic nitrogens is 1. The summed E-state index contributed by atoms with van der Waals surface area (Å²) in [4.78, 5) is 17.0. The molecule has 136 valence electrons. The van der Waals surface area contributed by atoms with Crippen molar-refractivity contribution in [1.29, 1.82) is 5.26 Å². The van der Waals surface area contributed by atoms with Gasteiger partial charge in [0.1, 0.15) is 11.2 Å². The Morgan fingerprint density at radius 1 is 1.56 bits per heavy atom. The molecule has 1 aliphatic rings. The predicted molar refractivity (Wildman–Crippen MR) is 93.1 cm³/mol. The number of nitrogens with one attached hydrogen (secondary N) is 1. The Labute approximate surface area is 151 Å². The van der Waals surface area contributed by atoms with Gasteiger partial charge >= 0.3 is 6.09 Å². The van der Waals surface area contributed by atoms with Crippen molar-refractivity contribution in [2.24, 2.45) is 5.92 Å². The van der Waals surface area contributed by atoms with Crippen molar-refractivity contribution in [2.45, 2.75) is 58.2 Å². The average molecular weight is 369 g/mol. The number of amides is 1. The molecule has 8 heteroatoms. The number of pyridine rings is 1. The molecule has 1 aromatic rings. The van der Waals surface area contributed by atoms with Crippen molar-refractivity contribution >= 4 is 23.5 Å². The van der Waals surface area contributed by atoms with Crippen LogP contribution in [0.2, 0.25) is 5.15 Å². The maximum atomic E-state index is 14.3. The van der Waals surface area contributed by atoms with Crippen molar-refractivity contribution in [3.8, 4) is 6.07 Å². The highest BCUT2D eigenvalue weighted by Crippen LogP contribution is 2.38. The van der Waals surface area contributed by atoms with E-state index in [4.69, 9.17) is 16.9 Å². The molecule has 1 aliphatic carbocycles. The minimum atomic E-state index is -1.03. The summed E-state index contributed by atoms with van der Waals surface area (Å²) in [6, 6.07) is 2.11. The molecule has 6 nitrogen and oxygen atoms in total. The molecule has 0 spiro atoms. The molecule has 0 radical (unpaired) electrons. The summed E-state index contributed by atoms with van der Waals surface area (Å²) < 4.78 is 14.3. The van der Waals surface area contributed by atoms with Crippen LogP contribution in [-0.4, -0.2) is 38.7 Å². The van der Waals surface area contributed by atoms with Crippen LogP contribution in [0.3, 0.4) is 0 Å². The first-order valence-corrected chi connectivity index (χ1v) is 8.49. The maximum absolute atomic E-state index is 14.3. The second-order valence-corrected chi connectivity index (χ2v) is 7.70. The average Bonchev–Trinajstić information content (AvgIpc) is 3.30. The number of carboxylic acid groups (broad SMARTS) is 1. The Balaban J connectivity index is 2.32. The molecule has 0 unspecified atom stereocenters. The lowest BCUT2D eigenvalue weighted by Crippen LogP contribution is -2.56. The van der Waals surface area contributed by atoms with Gasteiger partial charge in [0.25, 0.3) is 0 Å². The zero-order valence-electron chi connectivity index (χ0n) is 14.7. The maximum Gasteiger partial charge on any atom is 0.408 e. The van der Waals surface area contributed by atoms with E-state index in [2.05, 4.69) is 10.3 Å². The second kappa shape index (κ2) is 7.04. The standard InChI is InChI=1S/C17H22ClFN4O2/c1-9(23(16(24)25)17(2,3)4)13(10-5-6-10)21-15-12(19)7-11(8-20)14(18)22-15/h7,9-10,13H,5-6H2,1-4H3,(H,21,22)(H,24,25)/t9-,13-/m0/s1. The number of nitriles is 1. The third-order valence-electron chi connectivity index (χ3n) is 4.34. The molecule has 1 fully saturated rings. The second-order valence-electron chi connectivity index (χ2n) is 7.34. The van der Waals surface area contributed by atoms with Crippen LogP contribution in [-0.2, 0) is 0 Å². The van der Waals surface area contributed by atoms with Crippen molar-refractivity contribution in [3.63, 3.8) is 0 Å². The Hall–Kier alpha value is -2.07. The van der Waals surface area contributed by atoms with Gasteiger partial charge in [0.05, 0.1) is 17.6 Å². The van der Waals surface area contributed by atoms with Crippen LogP contribution in [0.4, 0.5) is 15.0 Å². The lowest BCUT2D eigenvalue weighted by atomic mass is 9.97. The molecule has 1 aromatic heterocycles. The molecule has 1 heterocycles. The van der Waals surface area contributed by atoms with E-state index in [0.717, 1.165) is 18.9 Å². The van der Waals surface area contributed by atoms with Crippen molar-refractivity contribution in [1.82, 2.24) is 9.88 Å². The van der Waals surface area contributed by atoms with E-state index < -0.39 is 23.5 Å². The van der Waals surface area contributed by atoms with E-state index in [1.807, 2.05) is 20.8 Å². The number of rotatable bonds is 5. The zero-order chi connectivity index (χ0) is 18.9. The summed E-state index contributed by atoms with van der Waals surface area (Å²) in [5, 5.41) is 21.4. The minimum absolute atomic E-state index is 0.0393. The van der Waals surface area contributed by atoms with Crippen LogP contribution in [0.25, 0.3) is 0 Å². The van der Waals surface area contributed by atoms with E-state index >= 15 is 0 Å². The van der Waals surface area contributed by atoms with Crippen LogP contribution in [0, 0.1) is 23.1 Å². The van der Waals surface area contributed by atoms with E-state index in [1.54, 1.807) is 13.0 Å². The van der Waals surface area contributed by atoms with Crippen LogP contribution in [0.5, 0.6) is 0 Å². The quantitative estimate of drug-likeness (QED) is 0.763. The van der Waals surface area contributed by atoms with Crippen molar-refractivity contribution < 1.29 is 14.3 Å². The lowest BCUT2D eigenvalue weighted by Gasteiger charge is -2.42. The Kier molecular flexibility index (Phi) is 5.43. The fourth-order valence-electron chi connectivity index (χ4n) is 3.12. The predicted octanol–water partition coefficient (Wildman–Crippen LogP) is 4.10. The summed E-state index contributed by atoms with van der Waals surface area (Å²) in [5.41, 5.74) is -0.642. The van der Waals surface area contributed by atoms with E-state index in [1.165, 1.54) is 4.90 Å². The van der Waals surface area contributed by atoms with Gasteiger partial charge in [0.2, 0.25) is 0 Å². The number of anilines is 1. The Bertz CT molecular complexity index is 710. The molecule has 25 heavy (non-hydrogen) atoms. The van der Waals surface area contributed by atoms with Gasteiger partial charge in [-0.15, -0.1) is 0 Å². The molecule has 0 bridgehead atoms. The number of hydrogen-bond acceptors (Lipinski definition) is 4.